The highest BCUT2D eigenvalue weighted by Gasteiger charge is 2.44. The Morgan fingerprint density at radius 3 is 2.33 bits per heavy atom. The summed E-state index contributed by atoms with van der Waals surface area (Å²) in [6.45, 7) is 9.78. The lowest BCUT2D eigenvalue weighted by atomic mass is 9.89. The lowest BCUT2D eigenvalue weighted by Crippen LogP contribution is -2.41. The third-order valence-electron chi connectivity index (χ3n) is 8.69. The van der Waals surface area contributed by atoms with Gasteiger partial charge >= 0.3 is 6.03 Å². The van der Waals surface area contributed by atoms with Crippen LogP contribution in [-0.2, 0) is 11.8 Å². The number of para-hydroxylation sites is 1. The molecule has 3 aromatic carbocycles. The number of nitrogens with zero attached hydrogens (tertiary/aromatic N) is 5. The van der Waals surface area contributed by atoms with Gasteiger partial charge in [-0.05, 0) is 105 Å². The summed E-state index contributed by atoms with van der Waals surface area (Å²) in [6.07, 6.45) is 2.81. The van der Waals surface area contributed by atoms with E-state index in [1.165, 1.54) is 4.90 Å². The second-order valence-electron chi connectivity index (χ2n) is 12.5. The number of likely N-dealkylation sites (tertiary alicyclic amines) is 1. The van der Waals surface area contributed by atoms with Crippen LogP contribution in [0.15, 0.2) is 72.8 Å². The molecule has 2 aliphatic rings. The molecule has 6 rings (SSSR count). The fraction of sp³-hybridized carbons (Fsp3) is 0.400. The predicted molar refractivity (Wildman–Crippen MR) is 169 cm³/mol. The van der Waals surface area contributed by atoms with Gasteiger partial charge < -0.3 is 14.2 Å². The van der Waals surface area contributed by atoms with E-state index in [1.54, 1.807) is 4.90 Å². The van der Waals surface area contributed by atoms with Crippen molar-refractivity contribution in [3.63, 3.8) is 0 Å². The number of amides is 3. The molecule has 0 aliphatic carbocycles. The maximum atomic E-state index is 14.1. The number of ether oxygens (including phenoxy) is 1. The van der Waals surface area contributed by atoms with Crippen molar-refractivity contribution in [2.24, 2.45) is 18.9 Å². The van der Waals surface area contributed by atoms with Crippen LogP contribution >= 0.6 is 0 Å². The normalized spacial score (nSPS) is 17.4. The fourth-order valence-corrected chi connectivity index (χ4v) is 6.52. The van der Waals surface area contributed by atoms with Crippen molar-refractivity contribution in [2.75, 3.05) is 31.1 Å². The van der Waals surface area contributed by atoms with Crippen LogP contribution in [-0.4, -0.2) is 57.5 Å². The zero-order valence-electron chi connectivity index (χ0n) is 25.6. The molecular weight excluding hydrogens is 538 g/mol. The molecule has 1 aromatic heterocycles. The summed E-state index contributed by atoms with van der Waals surface area (Å²) < 4.78 is 8.00. The maximum Gasteiger partial charge on any atom is 0.332 e. The molecule has 0 saturated carbocycles. The summed E-state index contributed by atoms with van der Waals surface area (Å²) in [5.74, 6) is 3.02. The third kappa shape index (κ3) is 6.15. The lowest BCUT2D eigenvalue weighted by molar-refractivity contribution is -0.127. The summed E-state index contributed by atoms with van der Waals surface area (Å²) in [4.78, 5) is 38.3. The van der Waals surface area contributed by atoms with Crippen molar-refractivity contribution >= 4 is 28.7 Å². The number of hydrogen-bond acceptors (Lipinski definition) is 5. The average molecular weight is 580 g/mol. The Morgan fingerprint density at radius 1 is 0.930 bits per heavy atom. The van der Waals surface area contributed by atoms with Crippen molar-refractivity contribution in [2.45, 2.75) is 46.1 Å². The Balaban J connectivity index is 1.26. The molecule has 4 aromatic rings. The molecule has 3 amide bonds. The molecule has 2 fully saturated rings. The maximum absolute atomic E-state index is 14.1. The third-order valence-corrected chi connectivity index (χ3v) is 8.69. The lowest BCUT2D eigenvalue weighted by Gasteiger charge is -2.35. The number of aryl methyl sites for hydroxylation is 2. The highest BCUT2D eigenvalue weighted by atomic mass is 16.5. The molecular formula is C35H41N5O3. The molecule has 43 heavy (non-hydrogen) atoms. The Morgan fingerprint density at radius 2 is 1.63 bits per heavy atom. The van der Waals surface area contributed by atoms with Crippen molar-refractivity contribution in [1.82, 2.24) is 19.4 Å². The standard InChI is InChI=1S/C35H41N5O3/c1-24(2)22-38-18-16-26(17-19-38)21-32(34-36-30-15-10-25(3)20-31(30)37(34)4)40-33(41)23-39(35(40)42)27-11-13-29(14-12-27)43-28-8-6-5-7-9-28/h5-15,20,24,26,32H,16-19,21-23H2,1-4H3/t32-/m0/s1. The van der Waals surface area contributed by atoms with Crippen molar-refractivity contribution in [3.8, 4) is 11.5 Å². The highest BCUT2D eigenvalue weighted by molar-refractivity contribution is 6.12. The molecule has 0 radical (unpaired) electrons. The summed E-state index contributed by atoms with van der Waals surface area (Å²) in [7, 11) is 2.00. The molecule has 224 valence electrons. The van der Waals surface area contributed by atoms with E-state index in [9.17, 15) is 9.59 Å². The van der Waals surface area contributed by atoms with E-state index in [0.29, 0.717) is 29.7 Å². The second kappa shape index (κ2) is 12.2. The van der Waals surface area contributed by atoms with Gasteiger partial charge in [0.2, 0.25) is 0 Å². The molecule has 2 saturated heterocycles. The van der Waals surface area contributed by atoms with Crippen molar-refractivity contribution in [3.05, 3.63) is 84.2 Å². The monoisotopic (exact) mass is 579 g/mol. The zero-order valence-corrected chi connectivity index (χ0v) is 25.6. The van der Waals surface area contributed by atoms with Gasteiger partial charge in [-0.15, -0.1) is 0 Å². The van der Waals surface area contributed by atoms with E-state index in [0.717, 1.165) is 60.6 Å². The van der Waals surface area contributed by atoms with Gasteiger partial charge in [-0.3, -0.25) is 14.6 Å². The Bertz CT molecular complexity index is 1590. The Kier molecular flexibility index (Phi) is 8.21. The molecule has 8 heteroatoms. The summed E-state index contributed by atoms with van der Waals surface area (Å²) in [5, 5.41) is 0. The van der Waals surface area contributed by atoms with Crippen molar-refractivity contribution < 1.29 is 14.3 Å². The van der Waals surface area contributed by atoms with Crippen LogP contribution in [0, 0.1) is 18.8 Å². The molecule has 0 N–H and O–H groups in total. The van der Waals surface area contributed by atoms with E-state index in [4.69, 9.17) is 9.72 Å². The van der Waals surface area contributed by atoms with Crippen LogP contribution in [0.4, 0.5) is 10.5 Å². The first-order valence-electron chi connectivity index (χ1n) is 15.4. The van der Waals surface area contributed by atoms with Crippen LogP contribution < -0.4 is 9.64 Å². The minimum Gasteiger partial charge on any atom is -0.457 e. The summed E-state index contributed by atoms with van der Waals surface area (Å²) in [6, 6.07) is 22.4. The number of aromatic nitrogens is 2. The van der Waals surface area contributed by atoms with E-state index in [2.05, 4.69) is 42.4 Å². The topological polar surface area (TPSA) is 70.9 Å². The zero-order chi connectivity index (χ0) is 30.1. The molecule has 8 nitrogen and oxygen atoms in total. The number of benzene rings is 3. The molecule has 0 spiro atoms. The Hall–Kier alpha value is -4.17. The number of imidazole rings is 1. The first kappa shape index (κ1) is 28.9. The van der Waals surface area contributed by atoms with Gasteiger partial charge in [0.25, 0.3) is 5.91 Å². The van der Waals surface area contributed by atoms with Crippen molar-refractivity contribution in [1.29, 1.82) is 0 Å². The number of hydrogen-bond donors (Lipinski definition) is 0. The van der Waals surface area contributed by atoms with Gasteiger partial charge in [-0.25, -0.2) is 9.78 Å². The summed E-state index contributed by atoms with van der Waals surface area (Å²) >= 11 is 0. The van der Waals surface area contributed by atoms with Gasteiger partial charge in [0.05, 0.1) is 17.1 Å². The minimum atomic E-state index is -0.440. The number of anilines is 1. The molecule has 2 aliphatic heterocycles. The second-order valence-corrected chi connectivity index (χ2v) is 12.5. The number of carbonyl (C=O) groups excluding carboxylic acids is 2. The molecule has 3 heterocycles. The minimum absolute atomic E-state index is 0.00407. The largest absolute Gasteiger partial charge is 0.457 e. The fourth-order valence-electron chi connectivity index (χ4n) is 6.52. The average Bonchev–Trinajstić information content (AvgIpc) is 3.48. The summed E-state index contributed by atoms with van der Waals surface area (Å²) in [5.41, 5.74) is 3.71. The predicted octanol–water partition coefficient (Wildman–Crippen LogP) is 6.94. The van der Waals surface area contributed by atoms with E-state index in [1.807, 2.05) is 67.7 Å². The van der Waals surface area contributed by atoms with Crippen LogP contribution in [0.2, 0.25) is 0 Å². The molecule has 0 bridgehead atoms. The molecule has 0 unspecified atom stereocenters. The first-order chi connectivity index (χ1) is 20.8. The van der Waals surface area contributed by atoms with E-state index >= 15 is 0 Å². The van der Waals surface area contributed by atoms with Crippen LogP contribution in [0.5, 0.6) is 11.5 Å². The van der Waals surface area contributed by atoms with E-state index < -0.39 is 6.04 Å². The quantitative estimate of drug-likeness (QED) is 0.201. The van der Waals surface area contributed by atoms with Gasteiger partial charge in [0.1, 0.15) is 23.9 Å². The van der Waals surface area contributed by atoms with E-state index in [-0.39, 0.29) is 18.5 Å². The number of piperidine rings is 1. The highest BCUT2D eigenvalue weighted by Crippen LogP contribution is 2.37. The van der Waals surface area contributed by atoms with Crippen LogP contribution in [0.3, 0.4) is 0 Å². The van der Waals surface area contributed by atoms with Gasteiger partial charge in [-0.1, -0.05) is 38.1 Å². The van der Waals surface area contributed by atoms with Crippen LogP contribution in [0.1, 0.15) is 50.5 Å². The SMILES string of the molecule is Cc1ccc2nc([C@H](CC3CCN(CC(C)C)CC3)N3C(=O)CN(c4ccc(Oc5ccccc5)cc4)C3=O)n(C)c2c1. The smallest absolute Gasteiger partial charge is 0.332 e. The number of fused-ring (bicyclic) bond motifs is 1. The van der Waals surface area contributed by atoms with Gasteiger partial charge in [-0.2, -0.15) is 0 Å². The number of rotatable bonds is 9. The van der Waals surface area contributed by atoms with Gasteiger partial charge in [0, 0.05) is 19.3 Å². The first-order valence-corrected chi connectivity index (χ1v) is 15.4. The molecule has 1 atom stereocenters. The number of imide groups is 1. The number of carbonyl (C=O) groups is 2. The van der Waals surface area contributed by atoms with Crippen LogP contribution in [0.25, 0.3) is 11.0 Å². The number of urea groups is 1. The van der Waals surface area contributed by atoms with Gasteiger partial charge in [0.15, 0.2) is 0 Å². The Labute approximate surface area is 253 Å².